The van der Waals surface area contributed by atoms with Crippen LogP contribution >= 0.6 is 0 Å². The molecule has 5 nitrogen and oxygen atoms in total. The number of likely N-dealkylation sites (tertiary alicyclic amines) is 1. The molecule has 0 aromatic rings. The largest absolute Gasteiger partial charge is 0.481 e. The molecule has 2 aliphatic rings. The Hall–Kier alpha value is -1.26. The van der Waals surface area contributed by atoms with Gasteiger partial charge in [-0.1, -0.05) is 27.7 Å². The lowest BCUT2D eigenvalue weighted by atomic mass is 9.99. The highest BCUT2D eigenvalue weighted by molar-refractivity contribution is 5.76. The lowest BCUT2D eigenvalue weighted by Crippen LogP contribution is -2.47. The van der Waals surface area contributed by atoms with Crippen LogP contribution in [0.5, 0.6) is 0 Å². The van der Waals surface area contributed by atoms with Gasteiger partial charge in [-0.05, 0) is 29.6 Å². The maximum atomic E-state index is 12.1. The molecule has 2 fully saturated rings. The van der Waals surface area contributed by atoms with Gasteiger partial charge in [-0.2, -0.15) is 0 Å². The molecule has 2 N–H and O–H groups in total. The van der Waals surface area contributed by atoms with Crippen LogP contribution in [0.4, 0.5) is 4.79 Å². The van der Waals surface area contributed by atoms with E-state index in [0.717, 1.165) is 6.42 Å². The molecule has 1 atom stereocenters. The molecule has 2 amide bonds. The van der Waals surface area contributed by atoms with Gasteiger partial charge in [0.1, 0.15) is 0 Å². The Kier molecular flexibility index (Phi) is 3.73. The van der Waals surface area contributed by atoms with E-state index in [2.05, 4.69) is 33.0 Å². The molecule has 0 spiro atoms. The van der Waals surface area contributed by atoms with Crippen molar-refractivity contribution in [3.8, 4) is 0 Å². The van der Waals surface area contributed by atoms with E-state index in [1.165, 1.54) is 0 Å². The number of rotatable bonds is 3. The van der Waals surface area contributed by atoms with E-state index in [1.54, 1.807) is 4.90 Å². The van der Waals surface area contributed by atoms with Crippen LogP contribution < -0.4 is 5.32 Å². The molecule has 0 bridgehead atoms. The van der Waals surface area contributed by atoms with Gasteiger partial charge in [0, 0.05) is 19.6 Å². The normalized spacial score (nSPS) is 28.0. The molecule has 1 saturated heterocycles. The molecule has 1 unspecified atom stereocenters. The van der Waals surface area contributed by atoms with Crippen LogP contribution in [0.25, 0.3) is 0 Å². The summed E-state index contributed by atoms with van der Waals surface area (Å²) in [4.78, 5) is 24.8. The standard InChI is InChI=1S/C15H26N2O3/c1-14(2)11(15(14,3)4)8-16-13(20)17-7-5-6-10(9-17)12(18)19/h10-11H,5-9H2,1-4H3,(H,16,20)(H,18,19). The van der Waals surface area contributed by atoms with Crippen LogP contribution in [0.2, 0.25) is 0 Å². The van der Waals surface area contributed by atoms with E-state index in [0.29, 0.717) is 32.0 Å². The van der Waals surface area contributed by atoms with E-state index in [4.69, 9.17) is 5.11 Å². The summed E-state index contributed by atoms with van der Waals surface area (Å²) in [6.07, 6.45) is 1.44. The summed E-state index contributed by atoms with van der Waals surface area (Å²) in [5, 5.41) is 12.0. The number of aliphatic carboxylic acids is 1. The number of carbonyl (C=O) groups excluding carboxylic acids is 1. The van der Waals surface area contributed by atoms with Crippen molar-refractivity contribution in [3.63, 3.8) is 0 Å². The number of urea groups is 1. The summed E-state index contributed by atoms with van der Waals surface area (Å²) < 4.78 is 0. The van der Waals surface area contributed by atoms with Crippen molar-refractivity contribution in [3.05, 3.63) is 0 Å². The van der Waals surface area contributed by atoms with Gasteiger partial charge in [0.25, 0.3) is 0 Å². The van der Waals surface area contributed by atoms with Crippen molar-refractivity contribution in [2.45, 2.75) is 40.5 Å². The van der Waals surface area contributed by atoms with Gasteiger partial charge in [0.15, 0.2) is 0 Å². The molecule has 2 rings (SSSR count). The van der Waals surface area contributed by atoms with Crippen LogP contribution in [0.3, 0.4) is 0 Å². The Balaban J connectivity index is 1.83. The third kappa shape index (κ3) is 2.50. The second-order valence-corrected chi connectivity index (χ2v) is 7.31. The zero-order valence-electron chi connectivity index (χ0n) is 12.9. The molecule has 5 heteroatoms. The Morgan fingerprint density at radius 1 is 1.25 bits per heavy atom. The first-order valence-corrected chi connectivity index (χ1v) is 7.43. The van der Waals surface area contributed by atoms with Gasteiger partial charge in [0.2, 0.25) is 0 Å². The Labute approximate surface area is 120 Å². The fraction of sp³-hybridized carbons (Fsp3) is 0.867. The fourth-order valence-electron chi connectivity index (χ4n) is 3.51. The number of carboxylic acid groups (broad SMARTS) is 1. The molecule has 0 aromatic heterocycles. The summed E-state index contributed by atoms with van der Waals surface area (Å²) in [6.45, 7) is 10.6. The first-order chi connectivity index (χ1) is 9.18. The SMILES string of the molecule is CC1(C)C(CNC(=O)N2CCCC(C(=O)O)C2)C1(C)C. The molecule has 0 radical (unpaired) electrons. The van der Waals surface area contributed by atoms with Crippen molar-refractivity contribution >= 4 is 12.0 Å². The number of carboxylic acids is 1. The van der Waals surface area contributed by atoms with Crippen LogP contribution in [0, 0.1) is 22.7 Å². The predicted octanol–water partition coefficient (Wildman–Crippen LogP) is 2.17. The summed E-state index contributed by atoms with van der Waals surface area (Å²) in [6, 6.07) is -0.116. The summed E-state index contributed by atoms with van der Waals surface area (Å²) in [5.41, 5.74) is 0.511. The first-order valence-electron chi connectivity index (χ1n) is 7.43. The zero-order chi connectivity index (χ0) is 15.1. The Bertz CT molecular complexity index is 403. The smallest absolute Gasteiger partial charge is 0.317 e. The molecule has 1 saturated carbocycles. The second kappa shape index (κ2) is 4.93. The average Bonchev–Trinajstić information content (AvgIpc) is 2.77. The average molecular weight is 282 g/mol. The van der Waals surface area contributed by atoms with Gasteiger partial charge in [0.05, 0.1) is 5.92 Å². The first kappa shape index (κ1) is 15.1. The number of hydrogen-bond donors (Lipinski definition) is 2. The highest BCUT2D eigenvalue weighted by Gasteiger charge is 2.64. The number of nitrogens with zero attached hydrogens (tertiary/aromatic N) is 1. The lowest BCUT2D eigenvalue weighted by molar-refractivity contribution is -0.143. The molecule has 1 heterocycles. The summed E-state index contributed by atoms with van der Waals surface area (Å²) >= 11 is 0. The van der Waals surface area contributed by atoms with E-state index in [9.17, 15) is 9.59 Å². The van der Waals surface area contributed by atoms with E-state index in [-0.39, 0.29) is 16.9 Å². The van der Waals surface area contributed by atoms with Gasteiger partial charge >= 0.3 is 12.0 Å². The predicted molar refractivity (Wildman–Crippen MR) is 76.4 cm³/mol. The van der Waals surface area contributed by atoms with Gasteiger partial charge in [-0.3, -0.25) is 4.79 Å². The molecule has 1 aliphatic carbocycles. The van der Waals surface area contributed by atoms with E-state index >= 15 is 0 Å². The van der Waals surface area contributed by atoms with Crippen LogP contribution in [0.1, 0.15) is 40.5 Å². The number of piperidine rings is 1. The van der Waals surface area contributed by atoms with Crippen LogP contribution in [-0.4, -0.2) is 41.6 Å². The van der Waals surface area contributed by atoms with E-state index < -0.39 is 11.9 Å². The van der Waals surface area contributed by atoms with Gasteiger partial charge in [-0.25, -0.2) is 4.79 Å². The molecule has 0 aromatic carbocycles. The highest BCUT2D eigenvalue weighted by atomic mass is 16.4. The lowest BCUT2D eigenvalue weighted by Gasteiger charge is -2.30. The fourth-order valence-corrected chi connectivity index (χ4v) is 3.51. The van der Waals surface area contributed by atoms with Gasteiger partial charge < -0.3 is 15.3 Å². The van der Waals surface area contributed by atoms with Crippen molar-refractivity contribution < 1.29 is 14.7 Å². The minimum atomic E-state index is -0.799. The Morgan fingerprint density at radius 2 is 1.85 bits per heavy atom. The minimum Gasteiger partial charge on any atom is -0.481 e. The molecule has 114 valence electrons. The number of amides is 2. The number of carbonyl (C=O) groups is 2. The molecule has 1 aliphatic heterocycles. The third-order valence-corrected chi connectivity index (χ3v) is 5.83. The molecular formula is C15H26N2O3. The minimum absolute atomic E-state index is 0.116. The van der Waals surface area contributed by atoms with Crippen molar-refractivity contribution in [2.24, 2.45) is 22.7 Å². The van der Waals surface area contributed by atoms with Crippen molar-refractivity contribution in [2.75, 3.05) is 19.6 Å². The third-order valence-electron chi connectivity index (χ3n) is 5.83. The second-order valence-electron chi connectivity index (χ2n) is 7.31. The van der Waals surface area contributed by atoms with Crippen molar-refractivity contribution in [1.82, 2.24) is 10.2 Å². The zero-order valence-corrected chi connectivity index (χ0v) is 12.9. The Morgan fingerprint density at radius 3 is 2.35 bits per heavy atom. The maximum Gasteiger partial charge on any atom is 0.317 e. The van der Waals surface area contributed by atoms with Gasteiger partial charge in [-0.15, -0.1) is 0 Å². The summed E-state index contributed by atoms with van der Waals surface area (Å²) in [7, 11) is 0. The number of hydrogen-bond acceptors (Lipinski definition) is 2. The highest BCUT2D eigenvalue weighted by Crippen LogP contribution is 2.67. The number of nitrogens with one attached hydrogen (secondary N) is 1. The van der Waals surface area contributed by atoms with Crippen LogP contribution in [-0.2, 0) is 4.79 Å². The summed E-state index contributed by atoms with van der Waals surface area (Å²) in [5.74, 6) is -0.728. The topological polar surface area (TPSA) is 69.6 Å². The van der Waals surface area contributed by atoms with Crippen molar-refractivity contribution in [1.29, 1.82) is 0 Å². The maximum absolute atomic E-state index is 12.1. The molecule has 20 heavy (non-hydrogen) atoms. The molecular weight excluding hydrogens is 256 g/mol. The quantitative estimate of drug-likeness (QED) is 0.833. The van der Waals surface area contributed by atoms with Crippen LogP contribution in [0.15, 0.2) is 0 Å². The van der Waals surface area contributed by atoms with E-state index in [1.807, 2.05) is 0 Å². The monoisotopic (exact) mass is 282 g/mol.